The quantitative estimate of drug-likeness (QED) is 0.766. The molecule has 3 aromatic rings. The van der Waals surface area contributed by atoms with Crippen LogP contribution in [0, 0.1) is 6.92 Å². The van der Waals surface area contributed by atoms with Gasteiger partial charge >= 0.3 is 0 Å². The van der Waals surface area contributed by atoms with Crippen LogP contribution in [0.4, 0.5) is 5.69 Å². The number of nitrogens with zero attached hydrogens (tertiary/aromatic N) is 3. The van der Waals surface area contributed by atoms with E-state index in [4.69, 9.17) is 0 Å². The van der Waals surface area contributed by atoms with Gasteiger partial charge in [-0.1, -0.05) is 17.7 Å². The molecule has 0 bridgehead atoms. The van der Waals surface area contributed by atoms with Crippen molar-refractivity contribution in [1.29, 1.82) is 0 Å². The Morgan fingerprint density at radius 2 is 1.68 bits per heavy atom. The fourth-order valence-corrected chi connectivity index (χ4v) is 2.96. The van der Waals surface area contributed by atoms with E-state index in [-0.39, 0.29) is 4.90 Å². The van der Waals surface area contributed by atoms with Gasteiger partial charge in [-0.25, -0.2) is 8.42 Å². The van der Waals surface area contributed by atoms with Crippen LogP contribution in [0.3, 0.4) is 0 Å². The Morgan fingerprint density at radius 3 is 2.27 bits per heavy atom. The van der Waals surface area contributed by atoms with E-state index in [2.05, 4.69) is 25.3 Å². The van der Waals surface area contributed by atoms with E-state index >= 15 is 0 Å². The van der Waals surface area contributed by atoms with E-state index in [9.17, 15) is 8.42 Å². The molecular weight excluding hydrogens is 302 g/mol. The third-order valence-corrected chi connectivity index (χ3v) is 4.47. The maximum atomic E-state index is 12.3. The first kappa shape index (κ1) is 14.2. The summed E-state index contributed by atoms with van der Waals surface area (Å²) < 4.78 is 27.1. The lowest BCUT2D eigenvalue weighted by Crippen LogP contribution is -2.12. The number of aromatic nitrogens is 4. The highest BCUT2D eigenvalue weighted by molar-refractivity contribution is 7.92. The highest BCUT2D eigenvalue weighted by Crippen LogP contribution is 2.20. The van der Waals surface area contributed by atoms with Crippen LogP contribution in [0.15, 0.2) is 53.4 Å². The Balaban J connectivity index is 1.82. The fraction of sp³-hybridized carbons (Fsp3) is 0.0714. The van der Waals surface area contributed by atoms with E-state index in [1.54, 1.807) is 48.5 Å². The second kappa shape index (κ2) is 5.57. The first-order chi connectivity index (χ1) is 10.5. The van der Waals surface area contributed by atoms with Crippen LogP contribution < -0.4 is 4.72 Å². The van der Waals surface area contributed by atoms with Gasteiger partial charge in [0.2, 0.25) is 5.82 Å². The van der Waals surface area contributed by atoms with Crippen molar-refractivity contribution in [2.24, 2.45) is 0 Å². The monoisotopic (exact) mass is 315 g/mol. The predicted octanol–water partition coefficient (Wildman–Crippen LogP) is 1.98. The highest BCUT2D eigenvalue weighted by atomic mass is 32.2. The second-order valence-corrected chi connectivity index (χ2v) is 6.41. The number of anilines is 1. The Kier molecular flexibility index (Phi) is 3.60. The molecule has 0 aliphatic rings. The zero-order valence-electron chi connectivity index (χ0n) is 11.7. The van der Waals surface area contributed by atoms with Crippen LogP contribution in [0.1, 0.15) is 5.56 Å². The van der Waals surface area contributed by atoms with Crippen LogP contribution in [-0.2, 0) is 10.0 Å². The van der Waals surface area contributed by atoms with E-state index in [1.165, 1.54) is 0 Å². The molecule has 2 aromatic carbocycles. The van der Waals surface area contributed by atoms with Crippen molar-refractivity contribution in [3.63, 3.8) is 0 Å². The molecule has 22 heavy (non-hydrogen) atoms. The van der Waals surface area contributed by atoms with Gasteiger partial charge in [0, 0.05) is 11.3 Å². The van der Waals surface area contributed by atoms with Crippen LogP contribution >= 0.6 is 0 Å². The average molecular weight is 315 g/mol. The maximum Gasteiger partial charge on any atom is 0.261 e. The molecule has 0 unspecified atom stereocenters. The Hall–Kier alpha value is -2.74. The summed E-state index contributed by atoms with van der Waals surface area (Å²) in [7, 11) is -3.60. The predicted molar refractivity (Wildman–Crippen MR) is 81.6 cm³/mol. The molecule has 0 aliphatic heterocycles. The summed E-state index contributed by atoms with van der Waals surface area (Å²) >= 11 is 0. The van der Waals surface area contributed by atoms with Crippen LogP contribution in [0.25, 0.3) is 11.4 Å². The molecule has 0 amide bonds. The topological polar surface area (TPSA) is 101 Å². The SMILES string of the molecule is Cc1ccc(S(=O)(=O)Nc2ccc(-c3nn[nH]n3)cc2)cc1. The number of hydrogen-bond acceptors (Lipinski definition) is 5. The molecule has 7 nitrogen and oxygen atoms in total. The van der Waals surface area contributed by atoms with Gasteiger partial charge in [0.05, 0.1) is 4.90 Å². The third-order valence-electron chi connectivity index (χ3n) is 3.07. The van der Waals surface area contributed by atoms with Gasteiger partial charge in [-0.2, -0.15) is 5.21 Å². The number of aromatic amines is 1. The summed E-state index contributed by atoms with van der Waals surface area (Å²) in [4.78, 5) is 0.223. The summed E-state index contributed by atoms with van der Waals surface area (Å²) in [6.07, 6.45) is 0. The second-order valence-electron chi connectivity index (χ2n) is 4.73. The molecule has 0 saturated carbocycles. The number of aryl methyl sites for hydroxylation is 1. The van der Waals surface area contributed by atoms with Gasteiger partial charge in [-0.15, -0.1) is 10.2 Å². The van der Waals surface area contributed by atoms with E-state index in [0.717, 1.165) is 11.1 Å². The van der Waals surface area contributed by atoms with Gasteiger partial charge in [0.25, 0.3) is 10.0 Å². The molecule has 112 valence electrons. The van der Waals surface area contributed by atoms with Crippen LogP contribution in [0.2, 0.25) is 0 Å². The minimum Gasteiger partial charge on any atom is -0.280 e. The molecular formula is C14H13N5O2S. The minimum absolute atomic E-state index is 0.223. The zero-order chi connectivity index (χ0) is 15.6. The fourth-order valence-electron chi connectivity index (χ4n) is 1.90. The first-order valence-corrected chi connectivity index (χ1v) is 7.96. The minimum atomic E-state index is -3.60. The number of benzene rings is 2. The van der Waals surface area contributed by atoms with Crippen molar-refractivity contribution in [3.8, 4) is 11.4 Å². The summed E-state index contributed by atoms with van der Waals surface area (Å²) in [5.74, 6) is 0.452. The first-order valence-electron chi connectivity index (χ1n) is 6.48. The number of rotatable bonds is 4. The lowest BCUT2D eigenvalue weighted by Gasteiger charge is -2.08. The molecule has 0 fully saturated rings. The number of hydrogen-bond donors (Lipinski definition) is 2. The molecule has 0 saturated heterocycles. The summed E-state index contributed by atoms with van der Waals surface area (Å²) in [6.45, 7) is 1.90. The Bertz CT molecular complexity index is 857. The summed E-state index contributed by atoms with van der Waals surface area (Å²) in [5, 5.41) is 13.6. The van der Waals surface area contributed by atoms with Gasteiger partial charge in [0.15, 0.2) is 0 Å². The summed E-state index contributed by atoms with van der Waals surface area (Å²) in [6, 6.07) is 13.4. The molecule has 2 N–H and O–H groups in total. The van der Waals surface area contributed by atoms with Crippen LogP contribution in [-0.4, -0.2) is 29.0 Å². The molecule has 0 spiro atoms. The van der Waals surface area contributed by atoms with Crippen molar-refractivity contribution in [2.45, 2.75) is 11.8 Å². The van der Waals surface area contributed by atoms with Crippen LogP contribution in [0.5, 0.6) is 0 Å². The van der Waals surface area contributed by atoms with E-state index in [1.807, 2.05) is 6.92 Å². The third kappa shape index (κ3) is 2.96. The van der Waals surface area contributed by atoms with Gasteiger partial charge in [0.1, 0.15) is 0 Å². The highest BCUT2D eigenvalue weighted by Gasteiger charge is 2.14. The molecule has 0 radical (unpaired) electrons. The van der Waals surface area contributed by atoms with Crippen molar-refractivity contribution in [1.82, 2.24) is 20.6 Å². The number of nitrogens with one attached hydrogen (secondary N) is 2. The lowest BCUT2D eigenvalue weighted by atomic mass is 10.2. The average Bonchev–Trinajstić information content (AvgIpc) is 3.02. The van der Waals surface area contributed by atoms with E-state index < -0.39 is 10.0 Å². The smallest absolute Gasteiger partial charge is 0.261 e. The van der Waals surface area contributed by atoms with Gasteiger partial charge in [-0.05, 0) is 48.5 Å². The largest absolute Gasteiger partial charge is 0.280 e. The van der Waals surface area contributed by atoms with Crippen molar-refractivity contribution in [2.75, 3.05) is 4.72 Å². The standard InChI is InChI=1S/C14H13N5O2S/c1-10-2-8-13(9-3-10)22(20,21)17-12-6-4-11(5-7-12)14-15-18-19-16-14/h2-9,17H,1H3,(H,15,16,18,19). The summed E-state index contributed by atoms with van der Waals surface area (Å²) in [5.41, 5.74) is 2.21. The molecule has 0 atom stereocenters. The Morgan fingerprint density at radius 1 is 1.00 bits per heavy atom. The molecule has 1 heterocycles. The molecule has 0 aliphatic carbocycles. The van der Waals surface area contributed by atoms with Crippen molar-refractivity contribution in [3.05, 3.63) is 54.1 Å². The number of H-pyrrole nitrogens is 1. The normalized spacial score (nSPS) is 11.3. The zero-order valence-corrected chi connectivity index (χ0v) is 12.5. The number of sulfonamides is 1. The molecule has 8 heteroatoms. The Labute approximate surface area is 127 Å². The van der Waals surface area contributed by atoms with Gasteiger partial charge < -0.3 is 0 Å². The van der Waals surface area contributed by atoms with Crippen molar-refractivity contribution >= 4 is 15.7 Å². The molecule has 1 aromatic heterocycles. The molecule has 3 rings (SSSR count). The number of tetrazole rings is 1. The lowest BCUT2D eigenvalue weighted by molar-refractivity contribution is 0.601. The van der Waals surface area contributed by atoms with E-state index in [0.29, 0.717) is 11.5 Å². The van der Waals surface area contributed by atoms with Gasteiger partial charge in [-0.3, -0.25) is 4.72 Å². The maximum absolute atomic E-state index is 12.3. The van der Waals surface area contributed by atoms with Crippen molar-refractivity contribution < 1.29 is 8.42 Å².